The van der Waals surface area contributed by atoms with Crippen molar-refractivity contribution < 1.29 is 14.0 Å². The van der Waals surface area contributed by atoms with E-state index in [1.807, 2.05) is 18.2 Å². The molecule has 4 rings (SSSR count). The minimum Gasteiger partial charge on any atom is -0.352 e. The van der Waals surface area contributed by atoms with E-state index >= 15 is 0 Å². The Balaban J connectivity index is 1.43. The number of aromatic nitrogens is 1. The van der Waals surface area contributed by atoms with Crippen LogP contribution in [-0.4, -0.2) is 23.3 Å². The van der Waals surface area contributed by atoms with Crippen LogP contribution in [-0.2, 0) is 15.0 Å². The van der Waals surface area contributed by atoms with Gasteiger partial charge < -0.3 is 5.32 Å². The summed E-state index contributed by atoms with van der Waals surface area (Å²) < 4.78 is 14.2. The molecule has 1 aliphatic rings. The maximum Gasteiger partial charge on any atom is 0.244 e. The number of nitrogens with one attached hydrogen (secondary N) is 1. The third-order valence-electron chi connectivity index (χ3n) is 6.06. The van der Waals surface area contributed by atoms with Gasteiger partial charge in [0.05, 0.1) is 11.4 Å². The predicted octanol–water partition coefficient (Wildman–Crippen LogP) is 5.61. The molecule has 1 aliphatic carbocycles. The van der Waals surface area contributed by atoms with Gasteiger partial charge in [0.25, 0.3) is 0 Å². The summed E-state index contributed by atoms with van der Waals surface area (Å²) >= 11 is 1.22. The van der Waals surface area contributed by atoms with Crippen molar-refractivity contribution in [3.63, 3.8) is 0 Å². The van der Waals surface area contributed by atoms with Crippen LogP contribution < -0.4 is 10.2 Å². The van der Waals surface area contributed by atoms with Crippen molar-refractivity contribution in [2.24, 2.45) is 0 Å². The van der Waals surface area contributed by atoms with E-state index in [1.165, 1.54) is 46.9 Å². The van der Waals surface area contributed by atoms with Crippen LogP contribution in [0, 0.1) is 5.82 Å². The lowest BCUT2D eigenvalue weighted by Crippen LogP contribution is -2.38. The summed E-state index contributed by atoms with van der Waals surface area (Å²) in [7, 11) is 0. The van der Waals surface area contributed by atoms with Gasteiger partial charge in [-0.3, -0.25) is 14.5 Å². The predicted molar refractivity (Wildman–Crippen MR) is 130 cm³/mol. The van der Waals surface area contributed by atoms with Gasteiger partial charge in [-0.05, 0) is 36.6 Å². The molecule has 2 aromatic carbocycles. The second kappa shape index (κ2) is 10.1. The van der Waals surface area contributed by atoms with Crippen molar-refractivity contribution >= 4 is 40.0 Å². The monoisotopic (exact) mass is 463 g/mol. The highest BCUT2D eigenvalue weighted by atomic mass is 32.1. The molecule has 1 N–H and O–H groups in total. The Hall–Kier alpha value is -3.32. The first kappa shape index (κ1) is 22.9. The van der Waals surface area contributed by atoms with E-state index in [0.29, 0.717) is 17.4 Å². The number of nitrogens with zero attached hydrogens (tertiary/aromatic N) is 2. The normalized spacial score (nSPS) is 15.0. The number of amides is 2. The first-order valence-corrected chi connectivity index (χ1v) is 11.9. The van der Waals surface area contributed by atoms with Gasteiger partial charge in [-0.2, -0.15) is 0 Å². The molecule has 3 aromatic rings. The summed E-state index contributed by atoms with van der Waals surface area (Å²) in [5.74, 6) is -1.03. The molecule has 33 heavy (non-hydrogen) atoms. The van der Waals surface area contributed by atoms with Crippen LogP contribution >= 0.6 is 11.3 Å². The molecule has 1 saturated carbocycles. The van der Waals surface area contributed by atoms with Crippen LogP contribution in [0.5, 0.6) is 0 Å². The van der Waals surface area contributed by atoms with Crippen LogP contribution in [0.4, 0.5) is 15.2 Å². The van der Waals surface area contributed by atoms with Crippen LogP contribution in [0.15, 0.2) is 66.1 Å². The number of carbonyl (C=O) groups is 2. The summed E-state index contributed by atoms with van der Waals surface area (Å²) in [4.78, 5) is 30.3. The zero-order valence-electron chi connectivity index (χ0n) is 18.5. The Labute approximate surface area is 197 Å². The van der Waals surface area contributed by atoms with Gasteiger partial charge in [-0.25, -0.2) is 9.37 Å². The molecule has 170 valence electrons. The number of para-hydroxylation sites is 1. The molecule has 0 atom stereocenters. The van der Waals surface area contributed by atoms with Gasteiger partial charge in [0.1, 0.15) is 5.82 Å². The zero-order chi connectivity index (χ0) is 23.3. The average molecular weight is 464 g/mol. The van der Waals surface area contributed by atoms with Crippen LogP contribution in [0.1, 0.15) is 43.9 Å². The Morgan fingerprint density at radius 1 is 1.12 bits per heavy atom. The highest BCUT2D eigenvalue weighted by molar-refractivity contribution is 7.14. The lowest BCUT2D eigenvalue weighted by molar-refractivity contribution is -0.117. The Morgan fingerprint density at radius 2 is 1.82 bits per heavy atom. The molecule has 0 aliphatic heterocycles. The van der Waals surface area contributed by atoms with Crippen LogP contribution in [0.25, 0.3) is 6.08 Å². The van der Waals surface area contributed by atoms with Crippen molar-refractivity contribution in [1.29, 1.82) is 0 Å². The second-order valence-corrected chi connectivity index (χ2v) is 9.10. The Kier molecular flexibility index (Phi) is 6.99. The number of anilines is 2. The Bertz CT molecular complexity index is 1150. The molecule has 7 heteroatoms. The number of carbonyl (C=O) groups excluding carboxylic acids is 2. The number of halogens is 1. The molecule has 1 heterocycles. The molecule has 5 nitrogen and oxygen atoms in total. The summed E-state index contributed by atoms with van der Waals surface area (Å²) in [6, 6.07) is 16.4. The number of hydrogen-bond acceptors (Lipinski definition) is 4. The summed E-state index contributed by atoms with van der Waals surface area (Å²) in [5.41, 5.74) is 1.94. The van der Waals surface area contributed by atoms with Crippen molar-refractivity contribution in [3.8, 4) is 0 Å². The van der Waals surface area contributed by atoms with E-state index < -0.39 is 5.82 Å². The van der Waals surface area contributed by atoms with Crippen molar-refractivity contribution in [1.82, 2.24) is 10.3 Å². The lowest BCUT2D eigenvalue weighted by Gasteiger charge is -2.29. The van der Waals surface area contributed by atoms with E-state index in [9.17, 15) is 14.0 Å². The molecule has 0 unspecified atom stereocenters. The lowest BCUT2D eigenvalue weighted by atomic mass is 9.79. The Morgan fingerprint density at radius 3 is 2.52 bits per heavy atom. The van der Waals surface area contributed by atoms with Gasteiger partial charge in [0, 0.05) is 30.3 Å². The van der Waals surface area contributed by atoms with Gasteiger partial charge >= 0.3 is 0 Å². The topological polar surface area (TPSA) is 62.3 Å². The quantitative estimate of drug-likeness (QED) is 0.464. The molecule has 0 bridgehead atoms. The summed E-state index contributed by atoms with van der Waals surface area (Å²) in [6.07, 6.45) is 7.51. The van der Waals surface area contributed by atoms with Crippen molar-refractivity contribution in [2.75, 3.05) is 11.4 Å². The van der Waals surface area contributed by atoms with E-state index in [2.05, 4.69) is 22.4 Å². The van der Waals surface area contributed by atoms with E-state index in [-0.39, 0.29) is 22.9 Å². The molecule has 0 radical (unpaired) electrons. The smallest absolute Gasteiger partial charge is 0.244 e. The number of rotatable bonds is 7. The first-order valence-electron chi connectivity index (χ1n) is 11.0. The minimum absolute atomic E-state index is 0.0136. The third-order valence-corrected chi connectivity index (χ3v) is 6.91. The largest absolute Gasteiger partial charge is 0.352 e. The molecule has 0 saturated heterocycles. The molecular weight excluding hydrogens is 437 g/mol. The standard InChI is InChI=1S/C26H26FN3O2S/c1-19(31)30(23-12-6-5-11-22(23)27)25-29-21(17-33-25)13-14-24(32)28-18-26(15-7-8-16-26)20-9-3-2-4-10-20/h2-6,9-14,17H,7-8,15-16,18H2,1H3,(H,28,32)/b14-13+. The van der Waals surface area contributed by atoms with Gasteiger partial charge in [0.15, 0.2) is 5.13 Å². The third kappa shape index (κ3) is 5.20. The molecule has 2 amide bonds. The second-order valence-electron chi connectivity index (χ2n) is 8.27. The van der Waals surface area contributed by atoms with Crippen molar-refractivity contribution in [2.45, 2.75) is 38.0 Å². The minimum atomic E-state index is -0.501. The van der Waals surface area contributed by atoms with Gasteiger partial charge in [0.2, 0.25) is 11.8 Å². The summed E-state index contributed by atoms with van der Waals surface area (Å²) in [5, 5.41) is 5.13. The first-order chi connectivity index (χ1) is 16.0. The van der Waals surface area contributed by atoms with Crippen LogP contribution in [0.3, 0.4) is 0 Å². The zero-order valence-corrected chi connectivity index (χ0v) is 19.3. The van der Waals surface area contributed by atoms with E-state index in [0.717, 1.165) is 25.7 Å². The highest BCUT2D eigenvalue weighted by Crippen LogP contribution is 2.40. The number of thiazole rings is 1. The summed E-state index contributed by atoms with van der Waals surface area (Å²) in [6.45, 7) is 1.95. The number of benzene rings is 2. The van der Waals surface area contributed by atoms with E-state index in [1.54, 1.807) is 23.6 Å². The molecule has 1 fully saturated rings. The van der Waals surface area contributed by atoms with Crippen molar-refractivity contribution in [3.05, 3.63) is 83.1 Å². The maximum atomic E-state index is 14.2. The average Bonchev–Trinajstić information content (AvgIpc) is 3.49. The fourth-order valence-electron chi connectivity index (χ4n) is 4.38. The van der Waals surface area contributed by atoms with E-state index in [4.69, 9.17) is 0 Å². The fourth-order valence-corrected chi connectivity index (χ4v) is 5.23. The van der Waals surface area contributed by atoms with Gasteiger partial charge in [-0.1, -0.05) is 55.3 Å². The maximum absolute atomic E-state index is 14.2. The SMILES string of the molecule is CC(=O)N(c1nc(/C=C/C(=O)NCC2(c3ccccc3)CCCC2)cs1)c1ccccc1F. The van der Waals surface area contributed by atoms with Crippen LogP contribution in [0.2, 0.25) is 0 Å². The van der Waals surface area contributed by atoms with Gasteiger partial charge in [-0.15, -0.1) is 11.3 Å². The number of hydrogen-bond donors (Lipinski definition) is 1. The molecule has 0 spiro atoms. The molecule has 1 aromatic heterocycles. The fraction of sp³-hybridized carbons (Fsp3) is 0.269. The highest BCUT2D eigenvalue weighted by Gasteiger charge is 2.35. The molecular formula is C26H26FN3O2S.